The summed E-state index contributed by atoms with van der Waals surface area (Å²) in [6.45, 7) is 10.4. The van der Waals surface area contributed by atoms with Gasteiger partial charge in [0.1, 0.15) is 0 Å². The third kappa shape index (κ3) is 6.76. The van der Waals surface area contributed by atoms with Crippen LogP contribution in [-0.2, 0) is 0 Å². The van der Waals surface area contributed by atoms with Crippen LogP contribution in [0, 0.1) is 47.3 Å². The molecule has 2 heteroatoms. The fourth-order valence-corrected chi connectivity index (χ4v) is 13.5. The minimum Gasteiger partial charge on any atom is -0.294 e. The first-order chi connectivity index (χ1) is 21.5. The summed E-state index contributed by atoms with van der Waals surface area (Å²) in [5, 5.41) is 0. The Morgan fingerprint density at radius 3 is 0.977 bits per heavy atom. The summed E-state index contributed by atoms with van der Waals surface area (Å²) in [7, 11) is 0. The topological polar surface area (TPSA) is 6.48 Å². The van der Waals surface area contributed by atoms with Crippen molar-refractivity contribution in [1.29, 1.82) is 0 Å². The summed E-state index contributed by atoms with van der Waals surface area (Å²) in [4.78, 5) is 6.86. The fourth-order valence-electron chi connectivity index (χ4n) is 13.5. The predicted octanol–water partition coefficient (Wildman–Crippen LogP) is 11.3. The molecule has 0 saturated heterocycles. The van der Waals surface area contributed by atoms with Crippen molar-refractivity contribution in [2.75, 3.05) is 0 Å². The van der Waals surface area contributed by atoms with E-state index in [4.69, 9.17) is 0 Å². The SMILES string of the molecule is CC1CCC(N(C2CCCCC2)C2C3CCC(C)CC3C(N(C3CCCCC3)C3CCC(C)CC3)C3CCC(C)CC32)CC1. The molecule has 252 valence electrons. The van der Waals surface area contributed by atoms with Crippen LogP contribution in [0.15, 0.2) is 0 Å². The first-order valence-electron chi connectivity index (χ1n) is 21.0. The van der Waals surface area contributed by atoms with Gasteiger partial charge in [-0.15, -0.1) is 0 Å². The quantitative estimate of drug-likeness (QED) is 0.297. The first-order valence-corrected chi connectivity index (χ1v) is 21.0. The van der Waals surface area contributed by atoms with Gasteiger partial charge in [-0.2, -0.15) is 0 Å². The Hall–Kier alpha value is -0.0800. The van der Waals surface area contributed by atoms with E-state index in [0.717, 1.165) is 83.6 Å². The van der Waals surface area contributed by atoms with Crippen LogP contribution in [0.5, 0.6) is 0 Å². The van der Waals surface area contributed by atoms with Crippen LogP contribution in [0.4, 0.5) is 0 Å². The number of hydrogen-bond acceptors (Lipinski definition) is 2. The highest BCUT2D eigenvalue weighted by Gasteiger charge is 2.58. The van der Waals surface area contributed by atoms with Crippen molar-refractivity contribution in [3.05, 3.63) is 0 Å². The average molecular weight is 607 g/mol. The van der Waals surface area contributed by atoms with Gasteiger partial charge >= 0.3 is 0 Å². The molecule has 8 unspecified atom stereocenters. The molecule has 7 saturated carbocycles. The summed E-state index contributed by atoms with van der Waals surface area (Å²) in [5.41, 5.74) is 0. The van der Waals surface area contributed by atoms with Gasteiger partial charge in [0.25, 0.3) is 0 Å². The maximum absolute atomic E-state index is 3.43. The molecule has 0 radical (unpaired) electrons. The molecule has 0 aromatic rings. The minimum absolute atomic E-state index is 0.892. The summed E-state index contributed by atoms with van der Waals surface area (Å²) >= 11 is 0. The lowest BCUT2D eigenvalue weighted by Gasteiger charge is -2.65. The third-order valence-corrected chi connectivity index (χ3v) is 15.7. The molecular weight excluding hydrogens is 532 g/mol. The van der Waals surface area contributed by atoms with Crippen LogP contribution < -0.4 is 0 Å². The van der Waals surface area contributed by atoms with Crippen molar-refractivity contribution in [3.63, 3.8) is 0 Å². The zero-order chi connectivity index (χ0) is 30.2. The van der Waals surface area contributed by atoms with Crippen molar-refractivity contribution < 1.29 is 0 Å². The van der Waals surface area contributed by atoms with Crippen LogP contribution >= 0.6 is 0 Å². The molecule has 7 aliphatic rings. The molecule has 0 amide bonds. The van der Waals surface area contributed by atoms with Gasteiger partial charge in [0, 0.05) is 36.3 Å². The first kappa shape index (κ1) is 32.5. The summed E-state index contributed by atoms with van der Waals surface area (Å²) < 4.78 is 0. The molecule has 44 heavy (non-hydrogen) atoms. The van der Waals surface area contributed by atoms with E-state index in [1.807, 2.05) is 0 Å². The molecule has 7 fully saturated rings. The van der Waals surface area contributed by atoms with E-state index >= 15 is 0 Å². The standard InChI is InChI=1S/C42H74N2/c1-29-15-21-35(22-16-29)43(33-11-7-5-8-12-33)41-37-25-19-32(4)28-40(37)42(38-26-20-31(3)27-39(38)41)44(34-13-9-6-10-14-34)36-23-17-30(2)18-24-36/h29-42H,5-28H2,1-4H3. The van der Waals surface area contributed by atoms with Crippen molar-refractivity contribution >= 4 is 0 Å². The molecule has 0 heterocycles. The van der Waals surface area contributed by atoms with Gasteiger partial charge in [-0.1, -0.05) is 79.1 Å². The van der Waals surface area contributed by atoms with Crippen LogP contribution in [0.25, 0.3) is 0 Å². The maximum Gasteiger partial charge on any atom is 0.0164 e. The van der Waals surface area contributed by atoms with E-state index in [0.29, 0.717) is 0 Å². The van der Waals surface area contributed by atoms with Crippen molar-refractivity contribution in [2.45, 2.75) is 218 Å². The Morgan fingerprint density at radius 2 is 0.614 bits per heavy atom. The molecule has 0 aliphatic heterocycles. The molecule has 0 bridgehead atoms. The molecular formula is C42H74N2. The van der Waals surface area contributed by atoms with Gasteiger partial charge in [0.05, 0.1) is 0 Å². The molecule has 0 aromatic heterocycles. The lowest BCUT2D eigenvalue weighted by Crippen LogP contribution is -2.69. The van der Waals surface area contributed by atoms with Crippen molar-refractivity contribution in [1.82, 2.24) is 9.80 Å². The molecule has 8 atom stereocenters. The van der Waals surface area contributed by atoms with Crippen LogP contribution in [-0.4, -0.2) is 46.1 Å². The van der Waals surface area contributed by atoms with Crippen LogP contribution in [0.2, 0.25) is 0 Å². The van der Waals surface area contributed by atoms with E-state index < -0.39 is 0 Å². The highest BCUT2D eigenvalue weighted by Crippen LogP contribution is 2.58. The molecule has 0 aromatic carbocycles. The number of nitrogens with zero attached hydrogens (tertiary/aromatic N) is 2. The lowest BCUT2D eigenvalue weighted by atomic mass is 9.51. The Kier molecular flexibility index (Phi) is 10.8. The summed E-state index contributed by atoms with van der Waals surface area (Å²) in [6.07, 6.45) is 36.3. The highest BCUT2D eigenvalue weighted by atomic mass is 15.3. The Morgan fingerprint density at radius 1 is 0.295 bits per heavy atom. The average Bonchev–Trinajstić information content (AvgIpc) is 3.05. The van der Waals surface area contributed by atoms with Gasteiger partial charge < -0.3 is 0 Å². The number of hydrogen-bond donors (Lipinski definition) is 0. The Bertz CT molecular complexity index is 800. The van der Waals surface area contributed by atoms with E-state index in [1.54, 1.807) is 25.7 Å². The van der Waals surface area contributed by atoms with Gasteiger partial charge in [0.2, 0.25) is 0 Å². The van der Waals surface area contributed by atoms with Gasteiger partial charge in [-0.05, 0) is 150 Å². The Labute approximate surface area is 274 Å². The normalized spacial score (nSPS) is 46.5. The largest absolute Gasteiger partial charge is 0.294 e. The lowest BCUT2D eigenvalue weighted by molar-refractivity contribution is -0.156. The zero-order valence-corrected chi connectivity index (χ0v) is 29.9. The van der Waals surface area contributed by atoms with Crippen LogP contribution in [0.3, 0.4) is 0 Å². The summed E-state index contributed by atoms with van der Waals surface area (Å²) in [5.74, 6) is 7.68. The zero-order valence-electron chi connectivity index (χ0n) is 29.9. The van der Waals surface area contributed by atoms with Gasteiger partial charge in [-0.3, -0.25) is 9.80 Å². The number of rotatable bonds is 6. The summed E-state index contributed by atoms with van der Waals surface area (Å²) in [6, 6.07) is 5.38. The second-order valence-electron chi connectivity index (χ2n) is 18.8. The van der Waals surface area contributed by atoms with Crippen molar-refractivity contribution in [2.24, 2.45) is 47.3 Å². The molecule has 0 N–H and O–H groups in total. The molecule has 0 spiro atoms. The molecule has 7 rings (SSSR count). The molecule has 7 aliphatic carbocycles. The number of fused-ring (bicyclic) bond motifs is 2. The van der Waals surface area contributed by atoms with E-state index in [9.17, 15) is 0 Å². The maximum atomic E-state index is 3.43. The molecule has 2 nitrogen and oxygen atoms in total. The monoisotopic (exact) mass is 607 g/mol. The highest BCUT2D eigenvalue weighted by molar-refractivity contribution is 5.11. The second kappa shape index (κ2) is 14.6. The minimum atomic E-state index is 0.892. The van der Waals surface area contributed by atoms with Gasteiger partial charge in [0.15, 0.2) is 0 Å². The van der Waals surface area contributed by atoms with Crippen molar-refractivity contribution in [3.8, 4) is 0 Å². The van der Waals surface area contributed by atoms with E-state index in [2.05, 4.69) is 37.5 Å². The predicted molar refractivity (Wildman–Crippen MR) is 188 cm³/mol. The van der Waals surface area contributed by atoms with E-state index in [-0.39, 0.29) is 0 Å². The fraction of sp³-hybridized carbons (Fsp3) is 1.00. The Balaban J connectivity index is 1.29. The second-order valence-corrected chi connectivity index (χ2v) is 18.8. The van der Waals surface area contributed by atoms with E-state index in [1.165, 1.54) is 128 Å². The van der Waals surface area contributed by atoms with Gasteiger partial charge in [-0.25, -0.2) is 0 Å². The smallest absolute Gasteiger partial charge is 0.0164 e. The van der Waals surface area contributed by atoms with Crippen LogP contribution in [0.1, 0.15) is 182 Å². The third-order valence-electron chi connectivity index (χ3n) is 15.7.